The molecule has 0 unspecified atom stereocenters. The predicted molar refractivity (Wildman–Crippen MR) is 109 cm³/mol. The molecule has 1 aliphatic heterocycles. The summed E-state index contributed by atoms with van der Waals surface area (Å²) in [5.41, 5.74) is 2.50. The van der Waals surface area contributed by atoms with Gasteiger partial charge in [-0.05, 0) is 32.0 Å². The Morgan fingerprint density at radius 1 is 1.21 bits per heavy atom. The van der Waals surface area contributed by atoms with E-state index in [-0.39, 0.29) is 12.3 Å². The van der Waals surface area contributed by atoms with Crippen molar-refractivity contribution in [3.05, 3.63) is 47.4 Å². The SMILES string of the molecule is Cc1cc(NCCS(=O)(=O)N2CCN(c3ccccn3)CC2)c(C#N)c(C)n1. The predicted octanol–water partition coefficient (Wildman–Crippen LogP) is 1.53. The van der Waals surface area contributed by atoms with Crippen molar-refractivity contribution >= 4 is 21.5 Å². The summed E-state index contributed by atoms with van der Waals surface area (Å²) in [6.45, 7) is 5.97. The molecule has 8 nitrogen and oxygen atoms in total. The summed E-state index contributed by atoms with van der Waals surface area (Å²) in [4.78, 5) is 10.7. The van der Waals surface area contributed by atoms with E-state index in [0.717, 1.165) is 11.5 Å². The van der Waals surface area contributed by atoms with Crippen molar-refractivity contribution in [1.29, 1.82) is 5.26 Å². The number of sulfonamides is 1. The van der Waals surface area contributed by atoms with Gasteiger partial charge in [-0.15, -0.1) is 0 Å². The van der Waals surface area contributed by atoms with Gasteiger partial charge in [0.15, 0.2) is 0 Å². The normalized spacial score (nSPS) is 15.2. The molecule has 0 radical (unpaired) electrons. The first-order valence-corrected chi connectivity index (χ1v) is 10.8. The van der Waals surface area contributed by atoms with Crippen LogP contribution >= 0.6 is 0 Å². The van der Waals surface area contributed by atoms with Crippen LogP contribution in [0.15, 0.2) is 30.5 Å². The number of anilines is 2. The Bertz CT molecular complexity index is 964. The number of aryl methyl sites for hydroxylation is 2. The summed E-state index contributed by atoms with van der Waals surface area (Å²) < 4.78 is 26.9. The van der Waals surface area contributed by atoms with Crippen LogP contribution in [-0.4, -0.2) is 61.2 Å². The van der Waals surface area contributed by atoms with Gasteiger partial charge in [0.2, 0.25) is 10.0 Å². The molecule has 0 amide bonds. The van der Waals surface area contributed by atoms with Gasteiger partial charge in [-0.1, -0.05) is 6.07 Å². The van der Waals surface area contributed by atoms with Gasteiger partial charge in [-0.3, -0.25) is 4.98 Å². The van der Waals surface area contributed by atoms with Crippen molar-refractivity contribution in [2.24, 2.45) is 0 Å². The van der Waals surface area contributed by atoms with Crippen LogP contribution in [0.2, 0.25) is 0 Å². The Morgan fingerprint density at radius 2 is 1.96 bits per heavy atom. The molecule has 1 aliphatic rings. The molecule has 0 aliphatic carbocycles. The first-order valence-electron chi connectivity index (χ1n) is 9.17. The Morgan fingerprint density at radius 3 is 2.61 bits per heavy atom. The smallest absolute Gasteiger partial charge is 0.215 e. The fraction of sp³-hybridized carbons (Fsp3) is 0.421. The maximum atomic E-state index is 12.7. The van der Waals surface area contributed by atoms with E-state index in [0.29, 0.717) is 43.1 Å². The summed E-state index contributed by atoms with van der Waals surface area (Å²) in [6, 6.07) is 9.61. The number of hydrogen-bond acceptors (Lipinski definition) is 7. The molecule has 1 fully saturated rings. The second-order valence-electron chi connectivity index (χ2n) is 6.70. The summed E-state index contributed by atoms with van der Waals surface area (Å²) >= 11 is 0. The van der Waals surface area contributed by atoms with Gasteiger partial charge < -0.3 is 10.2 Å². The average Bonchev–Trinajstić information content (AvgIpc) is 2.68. The third-order valence-electron chi connectivity index (χ3n) is 4.72. The lowest BCUT2D eigenvalue weighted by atomic mass is 10.1. The van der Waals surface area contributed by atoms with Gasteiger partial charge in [0.1, 0.15) is 11.9 Å². The molecule has 2 aromatic heterocycles. The molecule has 148 valence electrons. The van der Waals surface area contributed by atoms with E-state index in [2.05, 4.69) is 26.3 Å². The Labute approximate surface area is 165 Å². The van der Waals surface area contributed by atoms with Crippen molar-refractivity contribution in [1.82, 2.24) is 14.3 Å². The highest BCUT2D eigenvalue weighted by atomic mass is 32.2. The minimum atomic E-state index is -3.37. The Balaban J connectivity index is 1.56. The molecule has 1 saturated heterocycles. The van der Waals surface area contributed by atoms with Crippen LogP contribution in [0.3, 0.4) is 0 Å². The zero-order valence-corrected chi connectivity index (χ0v) is 16.9. The Kier molecular flexibility index (Phi) is 6.11. The highest BCUT2D eigenvalue weighted by Crippen LogP contribution is 2.19. The fourth-order valence-electron chi connectivity index (χ4n) is 3.29. The van der Waals surface area contributed by atoms with Crippen LogP contribution in [0.4, 0.5) is 11.5 Å². The number of hydrogen-bond donors (Lipinski definition) is 1. The monoisotopic (exact) mass is 400 g/mol. The van der Waals surface area contributed by atoms with Crippen molar-refractivity contribution in [3.8, 4) is 6.07 Å². The molecule has 0 atom stereocenters. The molecule has 0 saturated carbocycles. The number of nitrogens with one attached hydrogen (secondary N) is 1. The lowest BCUT2D eigenvalue weighted by Gasteiger charge is -2.34. The van der Waals surface area contributed by atoms with Crippen LogP contribution in [0.25, 0.3) is 0 Å². The minimum Gasteiger partial charge on any atom is -0.383 e. The molecule has 1 N–H and O–H groups in total. The second-order valence-corrected chi connectivity index (χ2v) is 8.79. The highest BCUT2D eigenvalue weighted by Gasteiger charge is 2.27. The molecule has 0 bridgehead atoms. The molecule has 28 heavy (non-hydrogen) atoms. The molecule has 3 heterocycles. The summed E-state index contributed by atoms with van der Waals surface area (Å²) in [5.74, 6) is 0.843. The Hall–Kier alpha value is -2.70. The van der Waals surface area contributed by atoms with E-state index in [1.165, 1.54) is 4.31 Å². The van der Waals surface area contributed by atoms with Crippen LogP contribution in [0.5, 0.6) is 0 Å². The van der Waals surface area contributed by atoms with Crippen molar-refractivity contribution in [2.75, 3.05) is 48.7 Å². The maximum absolute atomic E-state index is 12.7. The largest absolute Gasteiger partial charge is 0.383 e. The van der Waals surface area contributed by atoms with Crippen LogP contribution in [0, 0.1) is 25.2 Å². The molecular weight excluding hydrogens is 376 g/mol. The quantitative estimate of drug-likeness (QED) is 0.784. The number of piperazine rings is 1. The van der Waals surface area contributed by atoms with E-state index in [1.807, 2.05) is 25.1 Å². The van der Waals surface area contributed by atoms with Gasteiger partial charge in [-0.25, -0.2) is 13.4 Å². The molecule has 2 aromatic rings. The lowest BCUT2D eigenvalue weighted by Crippen LogP contribution is -2.50. The topological polar surface area (TPSA) is 102 Å². The minimum absolute atomic E-state index is 0.0259. The molecule has 0 aromatic carbocycles. The van der Waals surface area contributed by atoms with E-state index in [1.54, 1.807) is 19.2 Å². The third-order valence-corrected chi connectivity index (χ3v) is 6.59. The average molecular weight is 401 g/mol. The van der Waals surface area contributed by atoms with Gasteiger partial charge in [0.05, 0.1) is 22.7 Å². The van der Waals surface area contributed by atoms with Crippen LogP contribution in [0.1, 0.15) is 17.0 Å². The summed E-state index contributed by atoms with van der Waals surface area (Å²) in [6.07, 6.45) is 1.74. The first-order chi connectivity index (χ1) is 13.4. The number of rotatable bonds is 6. The van der Waals surface area contributed by atoms with Crippen molar-refractivity contribution in [3.63, 3.8) is 0 Å². The van der Waals surface area contributed by atoms with E-state index < -0.39 is 10.0 Å². The number of nitrogens with zero attached hydrogens (tertiary/aromatic N) is 5. The number of pyridine rings is 2. The highest BCUT2D eigenvalue weighted by molar-refractivity contribution is 7.89. The van der Waals surface area contributed by atoms with Gasteiger partial charge in [-0.2, -0.15) is 9.57 Å². The number of aromatic nitrogens is 2. The molecule has 0 spiro atoms. The first kappa shape index (κ1) is 20.0. The van der Waals surface area contributed by atoms with E-state index in [9.17, 15) is 13.7 Å². The molecule has 3 rings (SSSR count). The standard InChI is InChI=1S/C19H24N6O2S/c1-15-13-18(17(14-20)16(2)23-15)21-7-12-28(26,27)25-10-8-24(9-11-25)19-5-3-4-6-22-19/h3-6,13H,7-12H2,1-2H3,(H,21,23). The summed E-state index contributed by atoms with van der Waals surface area (Å²) in [5, 5.41) is 12.4. The van der Waals surface area contributed by atoms with E-state index >= 15 is 0 Å². The van der Waals surface area contributed by atoms with Gasteiger partial charge >= 0.3 is 0 Å². The van der Waals surface area contributed by atoms with Crippen molar-refractivity contribution in [2.45, 2.75) is 13.8 Å². The number of nitriles is 1. The van der Waals surface area contributed by atoms with Gasteiger partial charge in [0, 0.05) is 44.6 Å². The second kappa shape index (κ2) is 8.54. The zero-order chi connectivity index (χ0) is 20.1. The zero-order valence-electron chi connectivity index (χ0n) is 16.1. The van der Waals surface area contributed by atoms with Crippen LogP contribution < -0.4 is 10.2 Å². The summed E-state index contributed by atoms with van der Waals surface area (Å²) in [7, 11) is -3.37. The van der Waals surface area contributed by atoms with Crippen molar-refractivity contribution < 1.29 is 8.42 Å². The molecular formula is C19H24N6O2S. The maximum Gasteiger partial charge on any atom is 0.215 e. The third kappa shape index (κ3) is 4.58. The van der Waals surface area contributed by atoms with Gasteiger partial charge in [0.25, 0.3) is 0 Å². The molecule has 9 heteroatoms. The fourth-order valence-corrected chi connectivity index (χ4v) is 4.63. The lowest BCUT2D eigenvalue weighted by molar-refractivity contribution is 0.384. The van der Waals surface area contributed by atoms with E-state index in [4.69, 9.17) is 0 Å². The van der Waals surface area contributed by atoms with Crippen LogP contribution in [-0.2, 0) is 10.0 Å².